The highest BCUT2D eigenvalue weighted by atomic mass is 32.7. The smallest absolute Gasteiger partial charge is 0.372 e. The molecule has 154 valence electrons. The summed E-state index contributed by atoms with van der Waals surface area (Å²) in [5.74, 6) is -1.14. The molecule has 9 nitrogen and oxygen atoms in total. The van der Waals surface area contributed by atoms with E-state index in [0.717, 1.165) is 4.57 Å². The van der Waals surface area contributed by atoms with Gasteiger partial charge in [-0.1, -0.05) is 4.57 Å². The Morgan fingerprint density at radius 3 is 2.48 bits per heavy atom. The van der Waals surface area contributed by atoms with Crippen LogP contribution in [0.2, 0.25) is 0 Å². The minimum absolute atomic E-state index is 0.00632. The van der Waals surface area contributed by atoms with Crippen LogP contribution in [0.1, 0.15) is 33.4 Å². The molecule has 1 aromatic heterocycles. The number of ether oxygens (including phenoxy) is 1. The molecule has 1 aliphatic rings. The highest BCUT2D eigenvalue weighted by Gasteiger charge is 2.36. The molecule has 0 radical (unpaired) electrons. The normalized spacial score (nSPS) is 22.5. The Morgan fingerprint density at radius 1 is 1.41 bits per heavy atom. The summed E-state index contributed by atoms with van der Waals surface area (Å²) in [6.45, 7) is 10.3. The molecule has 1 unspecified atom stereocenters. The number of hydrogen-bond donors (Lipinski definition) is 3. The van der Waals surface area contributed by atoms with E-state index < -0.39 is 42.7 Å². The lowest BCUT2D eigenvalue weighted by Crippen LogP contribution is -3.11. The van der Waals surface area contributed by atoms with Crippen molar-refractivity contribution in [3.8, 4) is 0 Å². The summed E-state index contributed by atoms with van der Waals surface area (Å²) < 4.78 is 34.6. The third-order valence-corrected chi connectivity index (χ3v) is 4.96. The van der Waals surface area contributed by atoms with E-state index in [2.05, 4.69) is 37.5 Å². The van der Waals surface area contributed by atoms with Gasteiger partial charge in [0.25, 0.3) is 5.56 Å². The zero-order valence-electron chi connectivity index (χ0n) is 15.5. The monoisotopic (exact) mass is 426 g/mol. The molecule has 1 saturated heterocycles. The van der Waals surface area contributed by atoms with Crippen LogP contribution < -0.4 is 16.1 Å². The maximum atomic E-state index is 13.2. The number of aliphatic hydroxyl groups is 1. The summed E-state index contributed by atoms with van der Waals surface area (Å²) in [5, 5.41) is 9.73. The van der Waals surface area contributed by atoms with E-state index >= 15 is 0 Å². The van der Waals surface area contributed by atoms with Crippen molar-refractivity contribution in [3.63, 3.8) is 0 Å². The van der Waals surface area contributed by atoms with Crippen molar-refractivity contribution in [2.45, 2.75) is 45.6 Å². The average Bonchev–Trinajstić information content (AvgIpc) is 2.99. The molecule has 0 amide bonds. The molecule has 0 bridgehead atoms. The van der Waals surface area contributed by atoms with Crippen molar-refractivity contribution >= 4 is 19.5 Å². The zero-order chi connectivity index (χ0) is 20.6. The minimum atomic E-state index is -2.25. The second-order valence-corrected chi connectivity index (χ2v) is 7.51. The Labute approximate surface area is 162 Å². The maximum Gasteiger partial charge on any atom is 0.372 e. The second kappa shape index (κ2) is 11.7. The number of halogens is 1. The first-order chi connectivity index (χ1) is 12.7. The van der Waals surface area contributed by atoms with Gasteiger partial charge in [0.1, 0.15) is 18.9 Å². The van der Waals surface area contributed by atoms with Gasteiger partial charge < -0.3 is 27.0 Å². The van der Waals surface area contributed by atoms with Gasteiger partial charge in [-0.2, -0.15) is 8.91 Å². The zero-order valence-corrected chi connectivity index (χ0v) is 17.2. The van der Waals surface area contributed by atoms with Crippen LogP contribution in [0.4, 0.5) is 4.39 Å². The standard InChI is InChI=1S/C9H10FN2O6PS.C6H15N/c10-4-2-12(9(15)11-8(4)14)7-1-5(13)6(18-7)3-17-19(16)20;1-4-7(5-2)6-3/h2,5-7,13H,1,3H2,(H,11,14,15);4-6H2,1-3H3/p+1/t5-,6+,7+;/m0./s1. The molecule has 2 heterocycles. The molecule has 0 spiro atoms. The summed E-state index contributed by atoms with van der Waals surface area (Å²) in [5.41, 5.74) is -1.99. The van der Waals surface area contributed by atoms with Crippen LogP contribution in [0.3, 0.4) is 0 Å². The summed E-state index contributed by atoms with van der Waals surface area (Å²) >= 11 is 4.33. The fourth-order valence-electron chi connectivity index (χ4n) is 2.59. The van der Waals surface area contributed by atoms with Crippen LogP contribution in [-0.2, 0) is 26.1 Å². The van der Waals surface area contributed by atoms with Crippen LogP contribution in [0.5, 0.6) is 0 Å². The quantitative estimate of drug-likeness (QED) is 0.397. The van der Waals surface area contributed by atoms with Crippen LogP contribution in [0.15, 0.2) is 15.8 Å². The molecular formula is C15H26FN3O6PS+. The fourth-order valence-corrected chi connectivity index (χ4v) is 3.05. The summed E-state index contributed by atoms with van der Waals surface area (Å²) in [6, 6.07) is 0. The number of hydrogen-bond acceptors (Lipinski definition) is 7. The topological polar surface area (TPSA) is 115 Å². The van der Waals surface area contributed by atoms with E-state index in [0.29, 0.717) is 6.20 Å². The molecule has 0 aromatic carbocycles. The number of H-pyrrole nitrogens is 1. The van der Waals surface area contributed by atoms with Crippen molar-refractivity contribution in [1.82, 2.24) is 9.55 Å². The fraction of sp³-hybridized carbons (Fsp3) is 0.733. The molecule has 0 saturated carbocycles. The molecule has 2 rings (SSSR count). The van der Waals surface area contributed by atoms with Gasteiger partial charge in [-0.3, -0.25) is 14.3 Å². The van der Waals surface area contributed by atoms with Crippen LogP contribution in [0.25, 0.3) is 0 Å². The van der Waals surface area contributed by atoms with Crippen molar-refractivity contribution in [2.24, 2.45) is 0 Å². The van der Waals surface area contributed by atoms with E-state index in [9.17, 15) is 23.7 Å². The highest BCUT2D eigenvalue weighted by molar-refractivity contribution is 8.25. The number of aromatic nitrogens is 2. The number of quaternary nitrogens is 1. The Bertz CT molecular complexity index is 721. The SMILES string of the molecule is CC[NH+](CC)CC.O=c1[nH]c(=O)n([C@H]2C[C@H](O)[C@@H](CO[P+](=O)[S-])O2)cc1F. The van der Waals surface area contributed by atoms with Gasteiger partial charge in [0, 0.05) is 6.42 Å². The lowest BCUT2D eigenvalue weighted by atomic mass is 10.2. The number of aromatic amines is 1. The Hall–Kier alpha value is -1.10. The number of nitrogens with zero attached hydrogens (tertiary/aromatic N) is 1. The first kappa shape index (κ1) is 23.9. The molecule has 4 atom stereocenters. The number of aliphatic hydroxyl groups excluding tert-OH is 1. The van der Waals surface area contributed by atoms with Crippen molar-refractivity contribution in [1.29, 1.82) is 0 Å². The summed E-state index contributed by atoms with van der Waals surface area (Å²) in [4.78, 5) is 25.9. The highest BCUT2D eigenvalue weighted by Crippen LogP contribution is 2.29. The van der Waals surface area contributed by atoms with E-state index in [4.69, 9.17) is 4.74 Å². The van der Waals surface area contributed by atoms with E-state index in [1.165, 1.54) is 19.6 Å². The van der Waals surface area contributed by atoms with Gasteiger partial charge in [-0.25, -0.2) is 4.79 Å². The van der Waals surface area contributed by atoms with Gasteiger partial charge in [-0.15, -0.1) is 0 Å². The molecule has 1 fully saturated rings. The van der Waals surface area contributed by atoms with Gasteiger partial charge in [0.15, 0.2) is 0 Å². The third kappa shape index (κ3) is 7.44. The van der Waals surface area contributed by atoms with Gasteiger partial charge in [0.2, 0.25) is 5.82 Å². The minimum Gasteiger partial charge on any atom is -0.408 e. The van der Waals surface area contributed by atoms with E-state index in [1.807, 2.05) is 0 Å². The predicted octanol–water partition coefficient (Wildman–Crippen LogP) is -0.524. The number of nitrogens with one attached hydrogen (secondary N) is 2. The molecule has 12 heteroatoms. The average molecular weight is 426 g/mol. The third-order valence-electron chi connectivity index (χ3n) is 4.28. The molecule has 1 aliphatic heterocycles. The lowest BCUT2D eigenvalue weighted by molar-refractivity contribution is -0.894. The van der Waals surface area contributed by atoms with E-state index in [1.54, 1.807) is 9.88 Å². The van der Waals surface area contributed by atoms with Gasteiger partial charge in [0.05, 0.1) is 31.9 Å². The van der Waals surface area contributed by atoms with Gasteiger partial charge >= 0.3 is 12.9 Å². The first-order valence-electron chi connectivity index (χ1n) is 8.68. The molecule has 0 aliphatic carbocycles. The van der Waals surface area contributed by atoms with Crippen molar-refractivity contribution < 1.29 is 28.2 Å². The Kier molecular flexibility index (Phi) is 10.4. The van der Waals surface area contributed by atoms with Crippen LogP contribution in [-0.4, -0.2) is 53.1 Å². The summed E-state index contributed by atoms with van der Waals surface area (Å²) in [6.07, 6.45) is -2.10. The van der Waals surface area contributed by atoms with Crippen molar-refractivity contribution in [3.05, 3.63) is 32.9 Å². The lowest BCUT2D eigenvalue weighted by Gasteiger charge is -2.14. The second-order valence-electron chi connectivity index (χ2n) is 5.91. The first-order valence-corrected chi connectivity index (χ1v) is 10.9. The van der Waals surface area contributed by atoms with Crippen LogP contribution >= 0.6 is 7.23 Å². The Balaban J connectivity index is 0.000000445. The van der Waals surface area contributed by atoms with Gasteiger partial charge in [-0.05, 0) is 20.8 Å². The van der Waals surface area contributed by atoms with Crippen LogP contribution in [0, 0.1) is 5.82 Å². The van der Waals surface area contributed by atoms with E-state index in [-0.39, 0.29) is 13.0 Å². The predicted molar refractivity (Wildman–Crippen MR) is 99.3 cm³/mol. The molecular weight excluding hydrogens is 400 g/mol. The molecule has 3 N–H and O–H groups in total. The summed E-state index contributed by atoms with van der Waals surface area (Å²) in [7, 11) is -2.25. The molecule has 27 heavy (non-hydrogen) atoms. The Morgan fingerprint density at radius 2 is 2.00 bits per heavy atom. The van der Waals surface area contributed by atoms with Crippen molar-refractivity contribution in [2.75, 3.05) is 26.2 Å². The largest absolute Gasteiger partial charge is 0.408 e. The number of rotatable bonds is 7. The maximum absolute atomic E-state index is 13.2. The molecule has 1 aromatic rings.